The predicted molar refractivity (Wildman–Crippen MR) is 176 cm³/mol. The lowest BCUT2D eigenvalue weighted by Gasteiger charge is -2.12. The molecule has 2 heterocycles. The molecule has 0 saturated heterocycles. The van der Waals surface area contributed by atoms with Crippen molar-refractivity contribution in [3.05, 3.63) is 109 Å². The van der Waals surface area contributed by atoms with E-state index in [1.807, 2.05) is 63.6 Å². The maximum Gasteiger partial charge on any atom is 0.309 e. The van der Waals surface area contributed by atoms with Crippen LogP contribution in [0.1, 0.15) is 62.5 Å². The van der Waals surface area contributed by atoms with Crippen molar-refractivity contribution in [1.29, 1.82) is 0 Å². The number of hydrogen-bond acceptors (Lipinski definition) is 2. The smallest absolute Gasteiger partial charge is 0.309 e. The average Bonchev–Trinajstić information content (AvgIpc) is 3.04. The van der Waals surface area contributed by atoms with Gasteiger partial charge in [-0.3, -0.25) is 0 Å². The van der Waals surface area contributed by atoms with Gasteiger partial charge >= 0.3 is 6.07 Å². The second-order valence-electron chi connectivity index (χ2n) is 11.4. The van der Waals surface area contributed by atoms with Crippen molar-refractivity contribution in [3.8, 4) is 22.9 Å². The molecule has 4 rings (SSSR count). The van der Waals surface area contributed by atoms with Crippen LogP contribution >= 0.6 is 0 Å². The van der Waals surface area contributed by atoms with Crippen LogP contribution in [0.5, 0.6) is 5.75 Å². The summed E-state index contributed by atoms with van der Waals surface area (Å²) in [5.74, 6) is 0.898. The molecule has 2 aromatic heterocycles. The molecule has 222 valence electrons. The van der Waals surface area contributed by atoms with Crippen LogP contribution in [0.15, 0.2) is 97.6 Å². The summed E-state index contributed by atoms with van der Waals surface area (Å²) in [5.41, 5.74) is 6.45. The third kappa shape index (κ3) is 10.4. The predicted octanol–water partition coefficient (Wildman–Crippen LogP) is 6.04. The molecule has 0 saturated carbocycles. The lowest BCUT2D eigenvalue weighted by molar-refractivity contribution is -0.697. The number of rotatable bonds is 16. The molecule has 0 unspecified atom stereocenters. The fraction of sp³-hybridized carbons (Fsp3) is 0.342. The van der Waals surface area contributed by atoms with Crippen molar-refractivity contribution < 1.29 is 19.1 Å². The highest BCUT2D eigenvalue weighted by molar-refractivity contribution is 5.89. The van der Waals surface area contributed by atoms with E-state index in [1.54, 1.807) is 0 Å². The van der Waals surface area contributed by atoms with Crippen LogP contribution in [-0.2, 0) is 13.6 Å². The summed E-state index contributed by atoms with van der Waals surface area (Å²) in [4.78, 5) is 2.07. The SMILES string of the molecule is CN(C)c1ccc(/C(C#[NH+])=C/c2ccc(OCCCCCCCCCC[n+]3ccc(-c4cc[n+](C)cc4)cc3)cc2)cc1. The number of nitrogens with one attached hydrogen (secondary N) is 1. The number of anilines is 1. The monoisotopic (exact) mass is 575 g/mol. The molecule has 0 spiro atoms. The molecule has 4 aromatic rings. The quantitative estimate of drug-likeness (QED) is 0.0766. The van der Waals surface area contributed by atoms with E-state index in [4.69, 9.17) is 10.00 Å². The van der Waals surface area contributed by atoms with Gasteiger partial charge in [0.1, 0.15) is 24.9 Å². The van der Waals surface area contributed by atoms with Crippen molar-refractivity contribution in [2.45, 2.75) is 57.9 Å². The molecule has 0 radical (unpaired) electrons. The van der Waals surface area contributed by atoms with Crippen LogP contribution in [0, 0.1) is 6.07 Å². The first-order chi connectivity index (χ1) is 21.0. The summed E-state index contributed by atoms with van der Waals surface area (Å²) in [6, 6.07) is 27.6. The van der Waals surface area contributed by atoms with Crippen molar-refractivity contribution in [1.82, 2.24) is 0 Å². The largest absolute Gasteiger partial charge is 0.494 e. The molecule has 0 aliphatic heterocycles. The first-order valence-corrected chi connectivity index (χ1v) is 15.6. The van der Waals surface area contributed by atoms with Crippen LogP contribution in [0.25, 0.3) is 22.8 Å². The zero-order chi connectivity index (χ0) is 30.3. The van der Waals surface area contributed by atoms with E-state index in [2.05, 4.69) is 81.3 Å². The van der Waals surface area contributed by atoms with Gasteiger partial charge in [-0.05, 0) is 65.4 Å². The van der Waals surface area contributed by atoms with Gasteiger partial charge in [-0.15, -0.1) is 0 Å². The molecule has 5 heteroatoms. The topological polar surface area (TPSA) is 44.0 Å². The van der Waals surface area contributed by atoms with E-state index in [9.17, 15) is 0 Å². The van der Waals surface area contributed by atoms with E-state index >= 15 is 0 Å². The third-order valence-corrected chi connectivity index (χ3v) is 7.80. The lowest BCUT2D eigenvalue weighted by Crippen LogP contribution is -2.32. The summed E-state index contributed by atoms with van der Waals surface area (Å²) in [7, 11) is 6.09. The van der Waals surface area contributed by atoms with E-state index in [-0.39, 0.29) is 0 Å². The first kappa shape index (κ1) is 31.5. The van der Waals surface area contributed by atoms with Crippen molar-refractivity contribution in [3.63, 3.8) is 0 Å². The summed E-state index contributed by atoms with van der Waals surface area (Å²) < 4.78 is 10.3. The number of hydrogen-bond donors (Lipinski definition) is 1. The Balaban J connectivity index is 1.04. The highest BCUT2D eigenvalue weighted by atomic mass is 16.5. The van der Waals surface area contributed by atoms with Gasteiger partial charge in [0.25, 0.3) is 0 Å². The number of ether oxygens (including phenoxy) is 1. The van der Waals surface area contributed by atoms with Crippen LogP contribution in [-0.4, -0.2) is 20.7 Å². The number of unbranched alkanes of at least 4 members (excludes halogenated alkanes) is 7. The summed E-state index contributed by atoms with van der Waals surface area (Å²) in [6.07, 6.45) is 20.6. The number of aryl methyl sites for hydroxylation is 2. The maximum absolute atomic E-state index is 7.74. The van der Waals surface area contributed by atoms with Gasteiger partial charge < -0.3 is 9.64 Å². The number of nitrogens with zero attached hydrogens (tertiary/aromatic N) is 3. The maximum atomic E-state index is 7.74. The van der Waals surface area contributed by atoms with E-state index < -0.39 is 0 Å². The second kappa shape index (κ2) is 16.9. The van der Waals surface area contributed by atoms with Crippen LogP contribution < -0.4 is 24.0 Å². The zero-order valence-electron chi connectivity index (χ0n) is 26.1. The molecule has 0 fully saturated rings. The van der Waals surface area contributed by atoms with Crippen LogP contribution in [0.3, 0.4) is 0 Å². The normalized spacial score (nSPS) is 11.3. The van der Waals surface area contributed by atoms with Gasteiger partial charge in [-0.2, -0.15) is 0 Å². The highest BCUT2D eigenvalue weighted by Gasteiger charge is 2.07. The van der Waals surface area contributed by atoms with Gasteiger partial charge in [0.15, 0.2) is 24.8 Å². The second-order valence-corrected chi connectivity index (χ2v) is 11.4. The van der Waals surface area contributed by atoms with Crippen molar-refractivity contribution in [2.24, 2.45) is 7.05 Å². The van der Waals surface area contributed by atoms with Gasteiger partial charge in [0.2, 0.25) is 0 Å². The summed E-state index contributed by atoms with van der Waals surface area (Å²) >= 11 is 0. The Bertz CT molecular complexity index is 1450. The lowest BCUT2D eigenvalue weighted by atomic mass is 10.0. The fourth-order valence-electron chi connectivity index (χ4n) is 5.10. The van der Waals surface area contributed by atoms with Gasteiger partial charge in [0.05, 0.1) is 6.61 Å². The minimum Gasteiger partial charge on any atom is -0.494 e. The first-order valence-electron chi connectivity index (χ1n) is 15.6. The van der Waals surface area contributed by atoms with E-state index in [0.29, 0.717) is 0 Å². The zero-order valence-corrected chi connectivity index (χ0v) is 26.1. The van der Waals surface area contributed by atoms with Gasteiger partial charge in [-0.1, -0.05) is 61.6 Å². The fourth-order valence-corrected chi connectivity index (χ4v) is 5.10. The molecular formula is C38H47N4O+3. The van der Waals surface area contributed by atoms with Gasteiger partial charge in [0, 0.05) is 50.5 Å². The molecule has 0 aliphatic carbocycles. The Hall–Kier alpha value is -4.43. The number of aromatic nitrogens is 2. The van der Waals surface area contributed by atoms with Crippen LogP contribution in [0.2, 0.25) is 0 Å². The Morgan fingerprint density at radius 3 is 1.86 bits per heavy atom. The summed E-state index contributed by atoms with van der Waals surface area (Å²) in [5, 5.41) is 7.74. The summed E-state index contributed by atoms with van der Waals surface area (Å²) in [6.45, 7) is 1.84. The molecule has 0 aliphatic rings. The molecule has 2 aromatic carbocycles. The number of pyridine rings is 2. The molecule has 5 nitrogen and oxygen atoms in total. The number of allylic oxidation sites excluding steroid dienone is 1. The van der Waals surface area contributed by atoms with Crippen molar-refractivity contribution >= 4 is 17.3 Å². The minimum absolute atomic E-state index is 0.756. The highest BCUT2D eigenvalue weighted by Crippen LogP contribution is 2.22. The Kier molecular flexibility index (Phi) is 12.4. The molecule has 0 atom stereocenters. The van der Waals surface area contributed by atoms with Crippen LogP contribution in [0.4, 0.5) is 5.69 Å². The standard InChI is InChI=1S/C38H46N4O/c1-40(2)37-16-14-33(15-17-37)36(31-39)30-32-12-18-38(19-13-32)43-29-11-9-7-5-4-6-8-10-24-42-27-22-35(23-28-42)34-20-25-41(3)26-21-34/h12-23,25-28,30H,4-11,24,29H2,1-3H3/q+2/p+1/b36-30+. The molecule has 0 bridgehead atoms. The molecular weight excluding hydrogens is 528 g/mol. The average molecular weight is 576 g/mol. The Morgan fingerprint density at radius 1 is 0.721 bits per heavy atom. The Morgan fingerprint density at radius 2 is 1.28 bits per heavy atom. The molecule has 43 heavy (non-hydrogen) atoms. The molecule has 1 N–H and O–H groups in total. The van der Waals surface area contributed by atoms with Gasteiger partial charge in [-0.25, -0.2) is 9.13 Å². The Labute approximate surface area is 258 Å². The minimum atomic E-state index is 0.756. The number of benzene rings is 2. The third-order valence-electron chi connectivity index (χ3n) is 7.80. The van der Waals surface area contributed by atoms with E-state index in [1.165, 1.54) is 56.1 Å². The van der Waals surface area contributed by atoms with E-state index in [0.717, 1.165) is 47.7 Å². The molecule has 0 amide bonds. The van der Waals surface area contributed by atoms with Crippen molar-refractivity contribution in [2.75, 3.05) is 25.6 Å².